The van der Waals surface area contributed by atoms with Crippen molar-refractivity contribution >= 4 is 17.5 Å². The Hall–Kier alpha value is -2.82. The van der Waals surface area contributed by atoms with Crippen LogP contribution in [0.3, 0.4) is 0 Å². The van der Waals surface area contributed by atoms with Crippen molar-refractivity contribution in [3.63, 3.8) is 0 Å². The minimum atomic E-state index is -0.259. The van der Waals surface area contributed by atoms with E-state index in [1.807, 2.05) is 24.3 Å². The van der Waals surface area contributed by atoms with Gasteiger partial charge in [0.15, 0.2) is 0 Å². The van der Waals surface area contributed by atoms with Crippen LogP contribution in [0.25, 0.3) is 0 Å². The minimum absolute atomic E-state index is 0.0281. The van der Waals surface area contributed by atoms with Gasteiger partial charge in [-0.3, -0.25) is 9.59 Å². The van der Waals surface area contributed by atoms with Gasteiger partial charge in [0.1, 0.15) is 5.75 Å². The maximum absolute atomic E-state index is 12.4. The molecule has 2 amide bonds. The van der Waals surface area contributed by atoms with E-state index in [1.54, 1.807) is 23.1 Å². The second-order valence-electron chi connectivity index (χ2n) is 5.98. The number of nitrogens with one attached hydrogen (secondary N) is 1. The second kappa shape index (κ2) is 6.74. The fraction of sp³-hybridized carbons (Fsp3) is 0.263. The van der Waals surface area contributed by atoms with Gasteiger partial charge in [0.05, 0.1) is 12.5 Å². The molecule has 0 aliphatic carbocycles. The molecule has 1 heterocycles. The van der Waals surface area contributed by atoms with E-state index in [1.165, 1.54) is 18.6 Å². The van der Waals surface area contributed by atoms with E-state index in [9.17, 15) is 14.7 Å². The average molecular weight is 324 g/mol. The quantitative estimate of drug-likeness (QED) is 0.912. The second-order valence-corrected chi connectivity index (χ2v) is 5.98. The molecule has 0 saturated carbocycles. The maximum Gasteiger partial charge on any atom is 0.226 e. The Labute approximate surface area is 140 Å². The third-order valence-electron chi connectivity index (χ3n) is 4.33. The first-order chi connectivity index (χ1) is 11.5. The number of hydrogen-bond donors (Lipinski definition) is 2. The predicted octanol–water partition coefficient (Wildman–Crippen LogP) is 2.87. The molecule has 0 saturated heterocycles. The van der Waals surface area contributed by atoms with Gasteiger partial charge in [-0.2, -0.15) is 0 Å². The molecule has 3 rings (SSSR count). The van der Waals surface area contributed by atoms with Crippen molar-refractivity contribution in [1.29, 1.82) is 0 Å². The molecule has 1 atom stereocenters. The normalized spacial score (nSPS) is 16.4. The fourth-order valence-electron chi connectivity index (χ4n) is 3.22. The molecule has 24 heavy (non-hydrogen) atoms. The van der Waals surface area contributed by atoms with Gasteiger partial charge in [-0.25, -0.2) is 0 Å². The smallest absolute Gasteiger partial charge is 0.226 e. The number of hydrogen-bond acceptors (Lipinski definition) is 3. The van der Waals surface area contributed by atoms with Gasteiger partial charge in [-0.1, -0.05) is 30.3 Å². The number of rotatable bonds is 3. The van der Waals surface area contributed by atoms with Gasteiger partial charge in [0.25, 0.3) is 0 Å². The molecule has 0 radical (unpaired) electrons. The van der Waals surface area contributed by atoms with Crippen molar-refractivity contribution in [2.75, 3.05) is 11.9 Å². The summed E-state index contributed by atoms with van der Waals surface area (Å²) in [6.45, 7) is 2.16. The molecule has 124 valence electrons. The third kappa shape index (κ3) is 3.40. The summed E-state index contributed by atoms with van der Waals surface area (Å²) < 4.78 is 0. The molecule has 2 aromatic carbocycles. The zero-order chi connectivity index (χ0) is 17.1. The summed E-state index contributed by atoms with van der Waals surface area (Å²) in [7, 11) is 0. The summed E-state index contributed by atoms with van der Waals surface area (Å²) in [5, 5.41) is 12.3. The topological polar surface area (TPSA) is 69.6 Å². The molecular formula is C19H20N2O3. The molecule has 1 aliphatic rings. The monoisotopic (exact) mass is 324 g/mol. The highest BCUT2D eigenvalue weighted by molar-refractivity contribution is 5.91. The Morgan fingerprint density at radius 1 is 1.21 bits per heavy atom. The Morgan fingerprint density at radius 2 is 2.00 bits per heavy atom. The van der Waals surface area contributed by atoms with Crippen LogP contribution in [0, 0.1) is 0 Å². The van der Waals surface area contributed by atoms with Crippen molar-refractivity contribution in [3.8, 4) is 5.75 Å². The Balaban J connectivity index is 1.80. The zero-order valence-electron chi connectivity index (χ0n) is 13.5. The SMILES string of the molecule is CC(=O)N1CCc2ccccc2C1CC(=O)Nc1cccc(O)c1. The van der Waals surface area contributed by atoms with Gasteiger partial charge >= 0.3 is 0 Å². The molecule has 2 N–H and O–H groups in total. The number of anilines is 1. The van der Waals surface area contributed by atoms with E-state index in [0.717, 1.165) is 12.0 Å². The largest absolute Gasteiger partial charge is 0.508 e. The molecule has 0 spiro atoms. The number of aromatic hydroxyl groups is 1. The van der Waals surface area contributed by atoms with Crippen LogP contribution in [0.1, 0.15) is 30.5 Å². The van der Waals surface area contributed by atoms with E-state index < -0.39 is 0 Å². The van der Waals surface area contributed by atoms with Gasteiger partial charge in [-0.05, 0) is 29.7 Å². The number of carbonyl (C=O) groups is 2. The molecule has 0 fully saturated rings. The lowest BCUT2D eigenvalue weighted by Crippen LogP contribution is -2.40. The molecule has 5 heteroatoms. The molecule has 1 aliphatic heterocycles. The fourth-order valence-corrected chi connectivity index (χ4v) is 3.22. The molecule has 0 aromatic heterocycles. The average Bonchev–Trinajstić information content (AvgIpc) is 2.54. The van der Waals surface area contributed by atoms with E-state index in [2.05, 4.69) is 5.32 Å². The van der Waals surface area contributed by atoms with Crippen molar-refractivity contribution in [2.45, 2.75) is 25.8 Å². The van der Waals surface area contributed by atoms with Crippen LogP contribution in [-0.2, 0) is 16.0 Å². The van der Waals surface area contributed by atoms with Crippen LogP contribution in [0.15, 0.2) is 48.5 Å². The number of phenolic OH excluding ortho intramolecular Hbond substituents is 1. The first-order valence-electron chi connectivity index (χ1n) is 7.98. The van der Waals surface area contributed by atoms with E-state index >= 15 is 0 Å². The highest BCUT2D eigenvalue weighted by atomic mass is 16.3. The van der Waals surface area contributed by atoms with E-state index in [-0.39, 0.29) is 30.0 Å². The molecule has 5 nitrogen and oxygen atoms in total. The third-order valence-corrected chi connectivity index (χ3v) is 4.33. The lowest BCUT2D eigenvalue weighted by Gasteiger charge is -2.36. The molecule has 0 bridgehead atoms. The van der Waals surface area contributed by atoms with Gasteiger partial charge in [-0.15, -0.1) is 0 Å². The summed E-state index contributed by atoms with van der Waals surface area (Å²) in [6, 6.07) is 14.1. The summed E-state index contributed by atoms with van der Waals surface area (Å²) in [6.07, 6.45) is 0.993. The van der Waals surface area contributed by atoms with Crippen molar-refractivity contribution in [1.82, 2.24) is 4.90 Å². The highest BCUT2D eigenvalue weighted by Gasteiger charge is 2.30. The molecule has 2 aromatic rings. The van der Waals surface area contributed by atoms with Crippen molar-refractivity contribution in [3.05, 3.63) is 59.7 Å². The van der Waals surface area contributed by atoms with Crippen LogP contribution in [0.4, 0.5) is 5.69 Å². The number of benzene rings is 2. The lowest BCUT2D eigenvalue weighted by molar-refractivity contribution is -0.132. The van der Waals surface area contributed by atoms with Gasteiger partial charge < -0.3 is 15.3 Å². The predicted molar refractivity (Wildman–Crippen MR) is 91.6 cm³/mol. The summed E-state index contributed by atoms with van der Waals surface area (Å²) in [4.78, 5) is 26.2. The van der Waals surface area contributed by atoms with E-state index in [0.29, 0.717) is 12.2 Å². The Morgan fingerprint density at radius 3 is 2.75 bits per heavy atom. The lowest BCUT2D eigenvalue weighted by atomic mass is 9.90. The molecule has 1 unspecified atom stereocenters. The van der Waals surface area contributed by atoms with Crippen LogP contribution in [0.2, 0.25) is 0 Å². The number of amides is 2. The Bertz CT molecular complexity index is 773. The number of nitrogens with zero attached hydrogens (tertiary/aromatic N) is 1. The first kappa shape index (κ1) is 16.1. The van der Waals surface area contributed by atoms with Gasteiger partial charge in [0, 0.05) is 25.2 Å². The van der Waals surface area contributed by atoms with Crippen LogP contribution in [-0.4, -0.2) is 28.4 Å². The van der Waals surface area contributed by atoms with Crippen LogP contribution in [0.5, 0.6) is 5.75 Å². The maximum atomic E-state index is 12.4. The van der Waals surface area contributed by atoms with Gasteiger partial charge in [0.2, 0.25) is 11.8 Å². The van der Waals surface area contributed by atoms with Crippen LogP contribution >= 0.6 is 0 Å². The summed E-state index contributed by atoms with van der Waals surface area (Å²) in [5.74, 6) is -0.116. The number of carbonyl (C=O) groups excluding carboxylic acids is 2. The summed E-state index contributed by atoms with van der Waals surface area (Å²) in [5.41, 5.74) is 2.76. The van der Waals surface area contributed by atoms with Crippen LogP contribution < -0.4 is 5.32 Å². The highest BCUT2D eigenvalue weighted by Crippen LogP contribution is 2.32. The van der Waals surface area contributed by atoms with E-state index in [4.69, 9.17) is 0 Å². The minimum Gasteiger partial charge on any atom is -0.508 e. The first-order valence-corrected chi connectivity index (χ1v) is 7.98. The standard InChI is InChI=1S/C19H20N2O3/c1-13(22)21-10-9-14-5-2-3-8-17(14)18(21)12-19(24)20-15-6-4-7-16(23)11-15/h2-8,11,18,23H,9-10,12H2,1H3,(H,20,24). The summed E-state index contributed by atoms with van der Waals surface area (Å²) >= 11 is 0. The Kier molecular flexibility index (Phi) is 4.51. The molecular weight excluding hydrogens is 304 g/mol. The number of fused-ring (bicyclic) bond motifs is 1. The number of phenols is 1. The zero-order valence-corrected chi connectivity index (χ0v) is 13.5. The van der Waals surface area contributed by atoms with Crippen molar-refractivity contribution in [2.24, 2.45) is 0 Å². The van der Waals surface area contributed by atoms with Crippen molar-refractivity contribution < 1.29 is 14.7 Å².